The van der Waals surface area contributed by atoms with E-state index in [9.17, 15) is 4.79 Å². The lowest BCUT2D eigenvalue weighted by molar-refractivity contribution is -0.118. The summed E-state index contributed by atoms with van der Waals surface area (Å²) in [6.45, 7) is 6.89. The molecule has 1 aromatic heterocycles. The molecule has 1 aliphatic heterocycles. The van der Waals surface area contributed by atoms with Gasteiger partial charge in [0.05, 0.1) is 18.7 Å². The van der Waals surface area contributed by atoms with E-state index in [-0.39, 0.29) is 5.91 Å². The van der Waals surface area contributed by atoms with Gasteiger partial charge in [-0.15, -0.1) is 11.3 Å². The highest BCUT2D eigenvalue weighted by atomic mass is 32.1. The normalized spacial score (nSPS) is 19.8. The van der Waals surface area contributed by atoms with Crippen molar-refractivity contribution in [1.82, 2.24) is 9.80 Å². The van der Waals surface area contributed by atoms with Crippen molar-refractivity contribution in [3.05, 3.63) is 17.0 Å². The maximum atomic E-state index is 12.1. The first-order chi connectivity index (χ1) is 10.6. The van der Waals surface area contributed by atoms with Crippen LogP contribution in [0, 0.1) is 11.3 Å². The summed E-state index contributed by atoms with van der Waals surface area (Å²) in [4.78, 5) is 16.7. The molecule has 0 spiro atoms. The average molecular weight is 322 g/mol. The highest BCUT2D eigenvalue weighted by molar-refractivity contribution is 7.14. The highest BCUT2D eigenvalue weighted by Crippen LogP contribution is 2.22. The number of hydrogen-bond acceptors (Lipinski definition) is 6. The fourth-order valence-electron chi connectivity index (χ4n) is 2.62. The summed E-state index contributed by atoms with van der Waals surface area (Å²) in [6.07, 6.45) is 0. The molecule has 0 radical (unpaired) electrons. The van der Waals surface area contributed by atoms with Crippen LogP contribution in [0.15, 0.2) is 11.4 Å². The van der Waals surface area contributed by atoms with E-state index in [0.717, 1.165) is 32.8 Å². The average Bonchev–Trinajstić information content (AvgIpc) is 2.93. The zero-order chi connectivity index (χ0) is 15.9. The molecule has 22 heavy (non-hydrogen) atoms. The van der Waals surface area contributed by atoms with Crippen molar-refractivity contribution in [2.75, 3.05) is 51.8 Å². The van der Waals surface area contributed by atoms with Crippen LogP contribution in [0.4, 0.5) is 5.00 Å². The largest absolute Gasteiger partial charge is 0.383 e. The van der Waals surface area contributed by atoms with Gasteiger partial charge in [0.25, 0.3) is 0 Å². The molecule has 1 unspecified atom stereocenters. The number of anilines is 1. The second-order valence-corrected chi connectivity index (χ2v) is 6.35. The number of methoxy groups -OCH3 is 1. The summed E-state index contributed by atoms with van der Waals surface area (Å²) in [7, 11) is 1.71. The summed E-state index contributed by atoms with van der Waals surface area (Å²) >= 11 is 1.38. The third-order valence-corrected chi connectivity index (χ3v) is 4.67. The lowest BCUT2D eigenvalue weighted by Gasteiger charge is -2.39. The molecule has 1 aliphatic rings. The van der Waals surface area contributed by atoms with Crippen molar-refractivity contribution in [3.63, 3.8) is 0 Å². The number of ether oxygens (including phenoxy) is 1. The van der Waals surface area contributed by atoms with Crippen LogP contribution in [0.25, 0.3) is 0 Å². The van der Waals surface area contributed by atoms with Crippen molar-refractivity contribution in [1.29, 1.82) is 5.26 Å². The monoisotopic (exact) mass is 322 g/mol. The zero-order valence-electron chi connectivity index (χ0n) is 13.0. The van der Waals surface area contributed by atoms with Crippen LogP contribution in [0.5, 0.6) is 0 Å². The third-order valence-electron chi connectivity index (χ3n) is 3.84. The van der Waals surface area contributed by atoms with E-state index in [1.54, 1.807) is 13.2 Å². The van der Waals surface area contributed by atoms with E-state index in [1.165, 1.54) is 11.3 Å². The van der Waals surface area contributed by atoms with Crippen LogP contribution in [-0.2, 0) is 9.53 Å². The topological polar surface area (TPSA) is 68.6 Å². The number of carbonyl (C=O) groups excluding carboxylic acids is 1. The Bertz CT molecular complexity index is 540. The Morgan fingerprint density at radius 3 is 3.09 bits per heavy atom. The lowest BCUT2D eigenvalue weighted by atomic mass is 10.2. The fourth-order valence-corrected chi connectivity index (χ4v) is 3.37. The van der Waals surface area contributed by atoms with Gasteiger partial charge >= 0.3 is 0 Å². The summed E-state index contributed by atoms with van der Waals surface area (Å²) in [6, 6.07) is 4.21. The minimum absolute atomic E-state index is 0.0588. The van der Waals surface area contributed by atoms with Gasteiger partial charge in [-0.2, -0.15) is 5.26 Å². The van der Waals surface area contributed by atoms with Crippen LogP contribution in [0.1, 0.15) is 12.5 Å². The molecule has 1 saturated heterocycles. The van der Waals surface area contributed by atoms with Crippen molar-refractivity contribution in [2.24, 2.45) is 0 Å². The SMILES string of the molecule is COCCN1CCN(CC(=O)Nc2sccc2C#N)CC1C. The first-order valence-electron chi connectivity index (χ1n) is 7.36. The van der Waals surface area contributed by atoms with Crippen LogP contribution >= 0.6 is 11.3 Å². The molecule has 0 aliphatic carbocycles. The van der Waals surface area contributed by atoms with Crippen molar-refractivity contribution < 1.29 is 9.53 Å². The molecule has 1 atom stereocenters. The van der Waals surface area contributed by atoms with Crippen LogP contribution < -0.4 is 5.32 Å². The molecule has 1 fully saturated rings. The van der Waals surface area contributed by atoms with E-state index in [2.05, 4.69) is 28.1 Å². The van der Waals surface area contributed by atoms with Gasteiger partial charge in [0.1, 0.15) is 11.1 Å². The standard InChI is InChI=1S/C15H22N4O2S/c1-12-10-18(4-5-19(12)6-7-21-2)11-14(20)17-15-13(9-16)3-8-22-15/h3,8,12H,4-7,10-11H2,1-2H3,(H,17,20). The second kappa shape index (κ2) is 8.25. The molecule has 2 rings (SSSR count). The van der Waals surface area contributed by atoms with Gasteiger partial charge in [0, 0.05) is 39.3 Å². The number of nitrogens with zero attached hydrogens (tertiary/aromatic N) is 3. The molecular weight excluding hydrogens is 300 g/mol. The molecular formula is C15H22N4O2S. The van der Waals surface area contributed by atoms with Gasteiger partial charge in [-0.25, -0.2) is 0 Å². The summed E-state index contributed by atoms with van der Waals surface area (Å²) in [5.74, 6) is -0.0588. The molecule has 120 valence electrons. The second-order valence-electron chi connectivity index (χ2n) is 5.44. The maximum absolute atomic E-state index is 12.1. The number of nitrogens with one attached hydrogen (secondary N) is 1. The van der Waals surface area contributed by atoms with E-state index in [1.807, 2.05) is 5.38 Å². The molecule has 1 N–H and O–H groups in total. The van der Waals surface area contributed by atoms with E-state index in [0.29, 0.717) is 23.2 Å². The number of amides is 1. The Morgan fingerprint density at radius 1 is 1.59 bits per heavy atom. The van der Waals surface area contributed by atoms with Gasteiger partial charge in [0.2, 0.25) is 5.91 Å². The first kappa shape index (κ1) is 16.9. The van der Waals surface area contributed by atoms with Crippen molar-refractivity contribution >= 4 is 22.2 Å². The number of carbonyl (C=O) groups is 1. The van der Waals surface area contributed by atoms with Crippen molar-refractivity contribution in [3.8, 4) is 6.07 Å². The minimum atomic E-state index is -0.0588. The number of hydrogen-bond donors (Lipinski definition) is 1. The molecule has 6 nitrogen and oxygen atoms in total. The zero-order valence-corrected chi connectivity index (χ0v) is 13.9. The summed E-state index contributed by atoms with van der Waals surface area (Å²) in [5.41, 5.74) is 0.524. The lowest BCUT2D eigenvalue weighted by Crippen LogP contribution is -2.54. The van der Waals surface area contributed by atoms with Crippen LogP contribution in [0.3, 0.4) is 0 Å². The van der Waals surface area contributed by atoms with E-state index in [4.69, 9.17) is 10.00 Å². The molecule has 2 heterocycles. The Labute approximate surface area is 135 Å². The number of rotatable bonds is 6. The fraction of sp³-hybridized carbons (Fsp3) is 0.600. The quantitative estimate of drug-likeness (QED) is 0.852. The third kappa shape index (κ3) is 4.52. The van der Waals surface area contributed by atoms with E-state index >= 15 is 0 Å². The minimum Gasteiger partial charge on any atom is -0.383 e. The molecule has 0 aromatic carbocycles. The predicted octanol–water partition coefficient (Wildman–Crippen LogP) is 1.21. The number of piperazine rings is 1. The summed E-state index contributed by atoms with van der Waals surface area (Å²) in [5, 5.41) is 14.2. The van der Waals surface area contributed by atoms with Gasteiger partial charge in [-0.1, -0.05) is 0 Å². The number of nitriles is 1. The molecule has 7 heteroatoms. The highest BCUT2D eigenvalue weighted by Gasteiger charge is 2.24. The first-order valence-corrected chi connectivity index (χ1v) is 8.24. The number of thiophene rings is 1. The molecule has 1 aromatic rings. The molecule has 0 bridgehead atoms. The van der Waals surface area contributed by atoms with Crippen LogP contribution in [-0.4, -0.2) is 68.2 Å². The van der Waals surface area contributed by atoms with Gasteiger partial charge in [0.15, 0.2) is 0 Å². The van der Waals surface area contributed by atoms with Gasteiger partial charge in [-0.3, -0.25) is 14.6 Å². The maximum Gasteiger partial charge on any atom is 0.239 e. The van der Waals surface area contributed by atoms with Crippen LogP contribution in [0.2, 0.25) is 0 Å². The predicted molar refractivity (Wildman–Crippen MR) is 87.0 cm³/mol. The smallest absolute Gasteiger partial charge is 0.239 e. The Kier molecular flexibility index (Phi) is 6.34. The van der Waals surface area contributed by atoms with Crippen molar-refractivity contribution in [2.45, 2.75) is 13.0 Å². The molecule has 0 saturated carbocycles. The Balaban J connectivity index is 1.80. The van der Waals surface area contributed by atoms with Gasteiger partial charge < -0.3 is 10.1 Å². The summed E-state index contributed by atoms with van der Waals surface area (Å²) < 4.78 is 5.12. The Morgan fingerprint density at radius 2 is 2.41 bits per heavy atom. The van der Waals surface area contributed by atoms with Gasteiger partial charge in [-0.05, 0) is 18.4 Å². The molecule has 1 amide bonds. The van der Waals surface area contributed by atoms with E-state index < -0.39 is 0 Å². The Hall–Kier alpha value is -1.46.